The first-order chi connectivity index (χ1) is 16.5. The molecule has 3 heterocycles. The van der Waals surface area contributed by atoms with Gasteiger partial charge in [0.05, 0.1) is 19.2 Å². The van der Waals surface area contributed by atoms with Gasteiger partial charge in [-0.25, -0.2) is 0 Å². The fraction of sp³-hybridized carbons (Fsp3) is 0.423. The monoisotopic (exact) mass is 462 g/mol. The first kappa shape index (κ1) is 22.4. The molecule has 0 radical (unpaired) electrons. The second kappa shape index (κ2) is 8.76. The van der Waals surface area contributed by atoms with E-state index in [-0.39, 0.29) is 30.8 Å². The van der Waals surface area contributed by atoms with Gasteiger partial charge in [-0.1, -0.05) is 30.3 Å². The standard InChI is InChI=1S/C26H30N4O4/c1-27-16-22(31)29-13-11-26-20-9-3-4-10-21(20)30(25(26)33)17-23(32)28(2)12-6-14-34-19-8-5-7-18(15-19)24(26)29/h3-5,7-10,15,24,27H,6,11-14,16-17H2,1-2H3/t24-,26+/m0/s1. The van der Waals surface area contributed by atoms with Crippen molar-refractivity contribution in [2.45, 2.75) is 24.3 Å². The van der Waals surface area contributed by atoms with Gasteiger partial charge in [0.15, 0.2) is 0 Å². The predicted octanol–water partition coefficient (Wildman–Crippen LogP) is 1.70. The van der Waals surface area contributed by atoms with Crippen LogP contribution < -0.4 is 15.0 Å². The van der Waals surface area contributed by atoms with Crippen LogP contribution in [0.5, 0.6) is 5.75 Å². The number of carbonyl (C=O) groups is 3. The highest BCUT2D eigenvalue weighted by atomic mass is 16.5. The van der Waals surface area contributed by atoms with Crippen LogP contribution in [0.25, 0.3) is 0 Å². The van der Waals surface area contributed by atoms with Crippen molar-refractivity contribution in [3.8, 4) is 5.75 Å². The van der Waals surface area contributed by atoms with Gasteiger partial charge < -0.3 is 24.8 Å². The van der Waals surface area contributed by atoms with Gasteiger partial charge >= 0.3 is 0 Å². The Bertz CT molecular complexity index is 1140. The van der Waals surface area contributed by atoms with Crippen molar-refractivity contribution in [1.29, 1.82) is 0 Å². The highest BCUT2D eigenvalue weighted by Gasteiger charge is 2.61. The third-order valence-electron chi connectivity index (χ3n) is 7.28. The minimum atomic E-state index is -0.957. The third kappa shape index (κ3) is 3.44. The first-order valence-electron chi connectivity index (χ1n) is 11.8. The Balaban J connectivity index is 1.71. The van der Waals surface area contributed by atoms with Crippen LogP contribution in [-0.2, 0) is 19.8 Å². The molecule has 1 spiro atoms. The number of ether oxygens (including phenoxy) is 1. The second-order valence-electron chi connectivity index (χ2n) is 9.24. The van der Waals surface area contributed by atoms with Crippen LogP contribution in [0.3, 0.4) is 0 Å². The van der Waals surface area contributed by atoms with Gasteiger partial charge in [0.1, 0.15) is 17.7 Å². The predicted molar refractivity (Wildman–Crippen MR) is 128 cm³/mol. The summed E-state index contributed by atoms with van der Waals surface area (Å²) in [4.78, 5) is 45.6. The molecule has 0 saturated carbocycles. The zero-order valence-electron chi connectivity index (χ0n) is 19.6. The fourth-order valence-electron chi connectivity index (χ4n) is 5.68. The second-order valence-corrected chi connectivity index (χ2v) is 9.24. The third-order valence-corrected chi connectivity index (χ3v) is 7.28. The SMILES string of the molecule is CNCC(=O)N1CC[C@]23C(=O)N(CC(=O)N(C)CCCOc4cccc(c4)[C@H]12)c1ccccc13. The van der Waals surface area contributed by atoms with E-state index >= 15 is 0 Å². The molecule has 8 nitrogen and oxygen atoms in total. The maximum atomic E-state index is 14.3. The average molecular weight is 463 g/mol. The molecule has 178 valence electrons. The van der Waals surface area contributed by atoms with Crippen LogP contribution in [0.1, 0.15) is 30.0 Å². The number of amides is 3. The molecule has 1 fully saturated rings. The molecule has 1 saturated heterocycles. The van der Waals surface area contributed by atoms with E-state index in [1.54, 1.807) is 23.9 Å². The smallest absolute Gasteiger partial charge is 0.242 e. The maximum absolute atomic E-state index is 14.3. The van der Waals surface area contributed by atoms with Gasteiger partial charge in [-0.3, -0.25) is 14.4 Å². The van der Waals surface area contributed by atoms with Crippen molar-refractivity contribution < 1.29 is 19.1 Å². The first-order valence-corrected chi connectivity index (χ1v) is 11.8. The highest BCUT2D eigenvalue weighted by molar-refractivity contribution is 6.12. The number of likely N-dealkylation sites (N-methyl/N-ethyl adjacent to an activating group) is 2. The zero-order chi connectivity index (χ0) is 23.9. The van der Waals surface area contributed by atoms with Crippen molar-refractivity contribution in [2.75, 3.05) is 51.8 Å². The summed E-state index contributed by atoms with van der Waals surface area (Å²) in [5, 5.41) is 2.95. The average Bonchev–Trinajstić information content (AvgIpc) is 3.35. The number of anilines is 1. The molecule has 1 N–H and O–H groups in total. The lowest BCUT2D eigenvalue weighted by Crippen LogP contribution is -2.49. The van der Waals surface area contributed by atoms with Crippen LogP contribution >= 0.6 is 0 Å². The Hall–Kier alpha value is -3.39. The molecule has 2 aromatic carbocycles. The van der Waals surface area contributed by atoms with E-state index in [0.29, 0.717) is 38.3 Å². The van der Waals surface area contributed by atoms with Crippen LogP contribution in [0, 0.1) is 0 Å². The van der Waals surface area contributed by atoms with Gasteiger partial charge in [0, 0.05) is 25.8 Å². The number of nitrogens with zero attached hydrogens (tertiary/aromatic N) is 3. The molecule has 3 amide bonds. The van der Waals surface area contributed by atoms with Crippen LogP contribution in [0.2, 0.25) is 0 Å². The summed E-state index contributed by atoms with van der Waals surface area (Å²) < 4.78 is 5.99. The number of rotatable bonds is 2. The van der Waals surface area contributed by atoms with E-state index < -0.39 is 11.5 Å². The lowest BCUT2D eigenvalue weighted by Gasteiger charge is -2.35. The molecular weight excluding hydrogens is 432 g/mol. The molecule has 2 atom stereocenters. The van der Waals surface area contributed by atoms with E-state index in [0.717, 1.165) is 16.8 Å². The lowest BCUT2D eigenvalue weighted by atomic mass is 9.72. The van der Waals surface area contributed by atoms with Crippen molar-refractivity contribution >= 4 is 23.4 Å². The Kier molecular flexibility index (Phi) is 5.77. The molecule has 8 heteroatoms. The Labute approximate surface area is 199 Å². The molecule has 0 unspecified atom stereocenters. The van der Waals surface area contributed by atoms with Gasteiger partial charge in [-0.05, 0) is 49.2 Å². The number of hydrogen-bond donors (Lipinski definition) is 1. The Morgan fingerprint density at radius 3 is 2.79 bits per heavy atom. The fourth-order valence-corrected chi connectivity index (χ4v) is 5.68. The summed E-state index contributed by atoms with van der Waals surface area (Å²) in [6, 6.07) is 14.9. The van der Waals surface area contributed by atoms with E-state index in [9.17, 15) is 14.4 Å². The number of hydrogen-bond acceptors (Lipinski definition) is 5. The number of nitrogens with one attached hydrogen (secondary N) is 1. The van der Waals surface area contributed by atoms with E-state index in [1.807, 2.05) is 53.4 Å². The summed E-state index contributed by atoms with van der Waals surface area (Å²) >= 11 is 0. The summed E-state index contributed by atoms with van der Waals surface area (Å²) in [6.07, 6.45) is 1.17. The summed E-state index contributed by atoms with van der Waals surface area (Å²) in [5.41, 5.74) is 1.54. The summed E-state index contributed by atoms with van der Waals surface area (Å²) in [6.45, 7) is 1.64. The molecule has 0 aliphatic carbocycles. The number of likely N-dealkylation sites (tertiary alicyclic amines) is 1. The number of carbonyl (C=O) groups excluding carboxylic acids is 3. The molecule has 34 heavy (non-hydrogen) atoms. The van der Waals surface area contributed by atoms with Gasteiger partial charge in [-0.2, -0.15) is 0 Å². The van der Waals surface area contributed by atoms with Gasteiger partial charge in [0.25, 0.3) is 0 Å². The Morgan fingerprint density at radius 2 is 1.97 bits per heavy atom. The van der Waals surface area contributed by atoms with E-state index in [2.05, 4.69) is 5.32 Å². The topological polar surface area (TPSA) is 82.2 Å². The van der Waals surface area contributed by atoms with E-state index in [4.69, 9.17) is 4.74 Å². The van der Waals surface area contributed by atoms with Crippen molar-refractivity contribution in [2.24, 2.45) is 0 Å². The lowest BCUT2D eigenvalue weighted by molar-refractivity contribution is -0.134. The molecular formula is C26H30N4O4. The molecule has 3 aliphatic heterocycles. The van der Waals surface area contributed by atoms with Gasteiger partial charge in [-0.15, -0.1) is 0 Å². The minimum absolute atomic E-state index is 0.0217. The van der Waals surface area contributed by atoms with Gasteiger partial charge in [0.2, 0.25) is 17.7 Å². The number of para-hydroxylation sites is 1. The molecule has 0 aromatic heterocycles. The summed E-state index contributed by atoms with van der Waals surface area (Å²) in [5.74, 6) is 0.399. The van der Waals surface area contributed by atoms with Crippen molar-refractivity contribution in [1.82, 2.24) is 15.1 Å². The largest absolute Gasteiger partial charge is 0.494 e. The van der Waals surface area contributed by atoms with E-state index in [1.165, 1.54) is 0 Å². The highest BCUT2D eigenvalue weighted by Crippen LogP contribution is 2.56. The quantitative estimate of drug-likeness (QED) is 0.735. The zero-order valence-corrected chi connectivity index (χ0v) is 19.6. The van der Waals surface area contributed by atoms with Crippen molar-refractivity contribution in [3.63, 3.8) is 0 Å². The van der Waals surface area contributed by atoms with Crippen LogP contribution in [-0.4, -0.2) is 74.4 Å². The van der Waals surface area contributed by atoms with Crippen LogP contribution in [0.4, 0.5) is 5.69 Å². The molecule has 3 aliphatic rings. The van der Waals surface area contributed by atoms with Crippen molar-refractivity contribution in [3.05, 3.63) is 59.7 Å². The minimum Gasteiger partial charge on any atom is -0.494 e. The molecule has 2 aromatic rings. The molecule has 4 bridgehead atoms. The molecule has 5 rings (SSSR count). The maximum Gasteiger partial charge on any atom is 0.242 e. The number of fused-ring (bicyclic) bond motifs is 6. The normalized spacial score (nSPS) is 24.4. The summed E-state index contributed by atoms with van der Waals surface area (Å²) in [7, 11) is 3.50. The Morgan fingerprint density at radius 1 is 1.15 bits per heavy atom. The van der Waals surface area contributed by atoms with Crippen LogP contribution in [0.15, 0.2) is 48.5 Å². The number of benzene rings is 2.